The monoisotopic (exact) mass is 354 g/mol. The highest BCUT2D eigenvalue weighted by Crippen LogP contribution is 2.09. The Labute approximate surface area is 148 Å². The number of halogens is 1. The summed E-state index contributed by atoms with van der Waals surface area (Å²) in [6.45, 7) is 5.55. The number of rotatable bonds is 6. The molecule has 1 saturated heterocycles. The van der Waals surface area contributed by atoms with Gasteiger partial charge < -0.3 is 20.0 Å². The highest BCUT2D eigenvalue weighted by atomic mass is 35.5. The van der Waals surface area contributed by atoms with Crippen LogP contribution in [0.1, 0.15) is 5.56 Å². The van der Waals surface area contributed by atoms with Gasteiger partial charge in [-0.15, -0.1) is 0 Å². The molecular formula is C17H27ClN4O2+2. The van der Waals surface area contributed by atoms with Gasteiger partial charge in [-0.3, -0.25) is 9.59 Å². The van der Waals surface area contributed by atoms with Gasteiger partial charge in [0.2, 0.25) is 5.91 Å². The lowest BCUT2D eigenvalue weighted by atomic mass is 10.2. The molecule has 1 aliphatic rings. The van der Waals surface area contributed by atoms with Gasteiger partial charge in [0, 0.05) is 24.7 Å². The van der Waals surface area contributed by atoms with Crippen molar-refractivity contribution >= 4 is 23.4 Å². The van der Waals surface area contributed by atoms with Crippen LogP contribution in [0, 0.1) is 0 Å². The highest BCUT2D eigenvalue weighted by Gasteiger charge is 2.26. The first-order valence-corrected chi connectivity index (χ1v) is 8.72. The summed E-state index contributed by atoms with van der Waals surface area (Å²) in [5, 5.41) is 3.31. The van der Waals surface area contributed by atoms with E-state index in [4.69, 9.17) is 11.6 Å². The van der Waals surface area contributed by atoms with Gasteiger partial charge in [-0.05, 0) is 12.1 Å². The van der Waals surface area contributed by atoms with E-state index in [1.807, 2.05) is 18.2 Å². The second kappa shape index (κ2) is 9.01. The van der Waals surface area contributed by atoms with Crippen molar-refractivity contribution < 1.29 is 19.4 Å². The Morgan fingerprint density at radius 3 is 2.50 bits per heavy atom. The number of carbonyl (C=O) groups is 2. The first-order chi connectivity index (χ1) is 11.5. The Kier molecular flexibility index (Phi) is 7.02. The number of hydrogen-bond donors (Lipinski definition) is 3. The minimum Gasteiger partial charge on any atom is -0.358 e. The van der Waals surface area contributed by atoms with Gasteiger partial charge in [-0.2, -0.15) is 0 Å². The molecule has 0 aromatic heterocycles. The largest absolute Gasteiger partial charge is 0.358 e. The van der Waals surface area contributed by atoms with Crippen LogP contribution in [0.4, 0.5) is 0 Å². The minimum atomic E-state index is -0.142. The van der Waals surface area contributed by atoms with E-state index >= 15 is 0 Å². The Bertz CT molecular complexity index is 573. The zero-order valence-corrected chi connectivity index (χ0v) is 15.2. The van der Waals surface area contributed by atoms with Gasteiger partial charge in [0.15, 0.2) is 6.54 Å². The maximum absolute atomic E-state index is 12.2. The molecule has 7 heteroatoms. The third-order valence-electron chi connectivity index (χ3n) is 4.49. The van der Waals surface area contributed by atoms with Gasteiger partial charge in [0.1, 0.15) is 32.7 Å². The normalized spacial score (nSPS) is 20.5. The lowest BCUT2D eigenvalue weighted by molar-refractivity contribution is -1.02. The molecule has 6 nitrogen and oxygen atoms in total. The fraction of sp³-hybridized carbons (Fsp3) is 0.529. The van der Waals surface area contributed by atoms with Gasteiger partial charge in [0.25, 0.3) is 5.91 Å². The number of benzene rings is 1. The molecule has 3 N–H and O–H groups in total. The maximum atomic E-state index is 12.2. The van der Waals surface area contributed by atoms with Crippen LogP contribution >= 0.6 is 11.6 Å². The Balaban J connectivity index is 1.74. The molecule has 132 valence electrons. The third kappa shape index (κ3) is 5.78. The Hall–Kier alpha value is -1.63. The maximum Gasteiger partial charge on any atom is 0.277 e. The van der Waals surface area contributed by atoms with Gasteiger partial charge in [0.05, 0.1) is 6.54 Å². The fourth-order valence-electron chi connectivity index (χ4n) is 2.98. The zero-order chi connectivity index (χ0) is 17.5. The van der Waals surface area contributed by atoms with Crippen LogP contribution < -0.4 is 15.1 Å². The van der Waals surface area contributed by atoms with Crippen molar-refractivity contribution in [3.63, 3.8) is 0 Å². The van der Waals surface area contributed by atoms with Crippen LogP contribution in [0.2, 0.25) is 5.02 Å². The number of nitrogens with one attached hydrogen (secondary N) is 3. The summed E-state index contributed by atoms with van der Waals surface area (Å²) in [6, 6.07) is 8.00. The summed E-state index contributed by atoms with van der Waals surface area (Å²) in [7, 11) is 3.26. The summed E-state index contributed by atoms with van der Waals surface area (Å²) >= 11 is 6.04. The molecule has 0 saturated carbocycles. The first kappa shape index (κ1) is 18.7. The van der Waals surface area contributed by atoms with E-state index in [2.05, 4.69) is 11.4 Å². The van der Waals surface area contributed by atoms with Crippen molar-refractivity contribution in [1.82, 2.24) is 10.2 Å². The van der Waals surface area contributed by atoms with E-state index in [1.54, 1.807) is 14.1 Å². The van der Waals surface area contributed by atoms with Crippen LogP contribution in [0.3, 0.4) is 0 Å². The number of carbonyl (C=O) groups excluding carboxylic acids is 2. The molecule has 1 heterocycles. The number of hydrogen-bond acceptors (Lipinski definition) is 2. The van der Waals surface area contributed by atoms with Crippen LogP contribution in [-0.4, -0.2) is 70.1 Å². The molecule has 0 spiro atoms. The molecule has 24 heavy (non-hydrogen) atoms. The predicted molar refractivity (Wildman–Crippen MR) is 93.1 cm³/mol. The molecule has 2 rings (SSSR count). The standard InChI is InChI=1S/C17H25ClN4O2/c1-19-16(23)12-20(2)17(24)13-22-8-6-21(7-9-22)11-14-4-3-5-15(18)10-14/h3-5,10H,6-9,11-13H2,1-2H3,(H,19,23)/p+2. The van der Waals surface area contributed by atoms with Crippen LogP contribution in [0.15, 0.2) is 24.3 Å². The second-order valence-electron chi connectivity index (χ2n) is 6.41. The molecule has 0 aliphatic carbocycles. The van der Waals surface area contributed by atoms with E-state index in [9.17, 15) is 9.59 Å². The molecule has 1 aromatic carbocycles. The van der Waals surface area contributed by atoms with Gasteiger partial charge in [-0.1, -0.05) is 23.7 Å². The first-order valence-electron chi connectivity index (χ1n) is 8.34. The summed E-state index contributed by atoms with van der Waals surface area (Å²) in [5.74, 6) is -0.122. The number of nitrogens with zero attached hydrogens (tertiary/aromatic N) is 1. The van der Waals surface area contributed by atoms with E-state index in [0.717, 1.165) is 37.7 Å². The third-order valence-corrected chi connectivity index (χ3v) is 4.73. The SMILES string of the molecule is CNC(=O)CN(C)C(=O)C[NH+]1CC[NH+](Cc2cccc(Cl)c2)CC1. The molecule has 1 aromatic rings. The van der Waals surface area contributed by atoms with Gasteiger partial charge >= 0.3 is 0 Å². The van der Waals surface area contributed by atoms with E-state index in [-0.39, 0.29) is 18.4 Å². The summed E-state index contributed by atoms with van der Waals surface area (Å²) < 4.78 is 0. The smallest absolute Gasteiger partial charge is 0.277 e. The Morgan fingerprint density at radius 1 is 1.21 bits per heavy atom. The van der Waals surface area contributed by atoms with Crippen LogP contribution in [0.5, 0.6) is 0 Å². The fourth-order valence-corrected chi connectivity index (χ4v) is 3.19. The molecular weight excluding hydrogens is 328 g/mol. The van der Waals surface area contributed by atoms with E-state index < -0.39 is 0 Å². The summed E-state index contributed by atoms with van der Waals surface area (Å²) in [5.41, 5.74) is 1.25. The molecule has 0 unspecified atom stereocenters. The molecule has 0 radical (unpaired) electrons. The quantitative estimate of drug-likeness (QED) is 0.544. The molecule has 0 atom stereocenters. The predicted octanol–water partition coefficient (Wildman–Crippen LogP) is -2.17. The molecule has 2 amide bonds. The number of likely N-dealkylation sites (N-methyl/N-ethyl adjacent to an activating group) is 2. The van der Waals surface area contributed by atoms with Crippen molar-refractivity contribution in [2.24, 2.45) is 0 Å². The number of amides is 2. The highest BCUT2D eigenvalue weighted by molar-refractivity contribution is 6.30. The van der Waals surface area contributed by atoms with Crippen molar-refractivity contribution in [1.29, 1.82) is 0 Å². The molecule has 1 aliphatic heterocycles. The van der Waals surface area contributed by atoms with Crippen LogP contribution in [-0.2, 0) is 16.1 Å². The van der Waals surface area contributed by atoms with Gasteiger partial charge in [-0.25, -0.2) is 0 Å². The Morgan fingerprint density at radius 2 is 1.88 bits per heavy atom. The topological polar surface area (TPSA) is 58.3 Å². The zero-order valence-electron chi connectivity index (χ0n) is 14.4. The second-order valence-corrected chi connectivity index (χ2v) is 6.84. The summed E-state index contributed by atoms with van der Waals surface area (Å²) in [4.78, 5) is 27.8. The van der Waals surface area contributed by atoms with Crippen molar-refractivity contribution in [2.75, 3.05) is 53.4 Å². The van der Waals surface area contributed by atoms with Crippen molar-refractivity contribution in [3.05, 3.63) is 34.9 Å². The molecule has 1 fully saturated rings. The van der Waals surface area contributed by atoms with Crippen molar-refractivity contribution in [3.8, 4) is 0 Å². The number of piperazine rings is 1. The average molecular weight is 355 g/mol. The minimum absolute atomic E-state index is 0.0203. The summed E-state index contributed by atoms with van der Waals surface area (Å²) in [6.07, 6.45) is 0. The lowest BCUT2D eigenvalue weighted by Crippen LogP contribution is -3.28. The molecule has 0 bridgehead atoms. The van der Waals surface area contributed by atoms with E-state index in [1.165, 1.54) is 20.3 Å². The van der Waals surface area contributed by atoms with Crippen molar-refractivity contribution in [2.45, 2.75) is 6.54 Å². The van der Waals surface area contributed by atoms with E-state index in [0.29, 0.717) is 6.54 Å². The average Bonchev–Trinajstić information content (AvgIpc) is 2.56. The lowest BCUT2D eigenvalue weighted by Gasteiger charge is -2.30. The van der Waals surface area contributed by atoms with Crippen LogP contribution in [0.25, 0.3) is 0 Å². The number of quaternary nitrogens is 2.